The first-order chi connectivity index (χ1) is 8.63. The maximum atomic E-state index is 12.7. The minimum absolute atomic E-state index is 0.106. The van der Waals surface area contributed by atoms with Gasteiger partial charge in [0.05, 0.1) is 6.04 Å². The first-order valence-corrected chi connectivity index (χ1v) is 6.41. The maximum Gasteiger partial charge on any atom is 0.236 e. The molecule has 0 fully saturated rings. The van der Waals surface area contributed by atoms with Gasteiger partial charge < -0.3 is 11.1 Å². The van der Waals surface area contributed by atoms with E-state index in [1.807, 2.05) is 0 Å². The highest BCUT2D eigenvalue weighted by Crippen LogP contribution is 2.03. The largest absolute Gasteiger partial charge is 0.354 e. The zero-order valence-electron chi connectivity index (χ0n) is 10.8. The molecule has 100 valence electrons. The fraction of sp³-hybridized carbons (Fsp3) is 0.500. The minimum Gasteiger partial charge on any atom is -0.354 e. The van der Waals surface area contributed by atoms with E-state index < -0.39 is 6.04 Å². The fourth-order valence-corrected chi connectivity index (χ4v) is 1.67. The summed E-state index contributed by atoms with van der Waals surface area (Å²) in [6.45, 7) is 2.60. The zero-order chi connectivity index (χ0) is 13.4. The SMILES string of the molecule is CCCC[C@H](N)C(=O)NCCc1ccc(F)cc1. The van der Waals surface area contributed by atoms with Crippen molar-refractivity contribution < 1.29 is 9.18 Å². The van der Waals surface area contributed by atoms with Crippen LogP contribution in [-0.2, 0) is 11.2 Å². The van der Waals surface area contributed by atoms with E-state index in [1.54, 1.807) is 12.1 Å². The van der Waals surface area contributed by atoms with Crippen LogP contribution in [0.2, 0.25) is 0 Å². The molecule has 0 saturated carbocycles. The lowest BCUT2D eigenvalue weighted by molar-refractivity contribution is -0.122. The summed E-state index contributed by atoms with van der Waals surface area (Å²) in [5.41, 5.74) is 6.74. The van der Waals surface area contributed by atoms with Crippen LogP contribution in [0.25, 0.3) is 0 Å². The second-order valence-corrected chi connectivity index (χ2v) is 4.42. The summed E-state index contributed by atoms with van der Waals surface area (Å²) < 4.78 is 12.7. The fourth-order valence-electron chi connectivity index (χ4n) is 1.67. The van der Waals surface area contributed by atoms with Gasteiger partial charge in [-0.25, -0.2) is 4.39 Å². The predicted molar refractivity (Wildman–Crippen MR) is 70.6 cm³/mol. The van der Waals surface area contributed by atoms with Crippen molar-refractivity contribution in [1.82, 2.24) is 5.32 Å². The Hall–Kier alpha value is -1.42. The van der Waals surface area contributed by atoms with E-state index in [-0.39, 0.29) is 11.7 Å². The molecule has 1 aromatic rings. The third kappa shape index (κ3) is 5.27. The molecular weight excluding hydrogens is 231 g/mol. The summed E-state index contributed by atoms with van der Waals surface area (Å²) in [4.78, 5) is 11.6. The second-order valence-electron chi connectivity index (χ2n) is 4.42. The van der Waals surface area contributed by atoms with Crippen LogP contribution in [0.1, 0.15) is 31.7 Å². The first kappa shape index (κ1) is 14.6. The van der Waals surface area contributed by atoms with Crippen LogP contribution in [0.15, 0.2) is 24.3 Å². The molecule has 3 nitrogen and oxygen atoms in total. The molecule has 18 heavy (non-hydrogen) atoms. The van der Waals surface area contributed by atoms with Gasteiger partial charge in [0.1, 0.15) is 5.82 Å². The summed E-state index contributed by atoms with van der Waals surface area (Å²) in [5.74, 6) is -0.352. The zero-order valence-corrected chi connectivity index (χ0v) is 10.8. The summed E-state index contributed by atoms with van der Waals surface area (Å²) in [6.07, 6.45) is 3.41. The molecule has 0 aliphatic heterocycles. The average molecular weight is 252 g/mol. The van der Waals surface area contributed by atoms with Crippen molar-refractivity contribution in [3.63, 3.8) is 0 Å². The molecule has 0 aromatic heterocycles. The van der Waals surface area contributed by atoms with Crippen LogP contribution in [0.4, 0.5) is 4.39 Å². The van der Waals surface area contributed by atoms with E-state index >= 15 is 0 Å². The Labute approximate surface area is 108 Å². The number of benzene rings is 1. The highest BCUT2D eigenvalue weighted by atomic mass is 19.1. The van der Waals surface area contributed by atoms with Crippen LogP contribution in [-0.4, -0.2) is 18.5 Å². The van der Waals surface area contributed by atoms with Gasteiger partial charge in [-0.1, -0.05) is 31.9 Å². The lowest BCUT2D eigenvalue weighted by atomic mass is 10.1. The number of amides is 1. The number of nitrogens with two attached hydrogens (primary N) is 1. The molecule has 0 aliphatic carbocycles. The molecule has 0 heterocycles. The average Bonchev–Trinajstić information content (AvgIpc) is 2.38. The molecular formula is C14H21FN2O. The first-order valence-electron chi connectivity index (χ1n) is 6.41. The van der Waals surface area contributed by atoms with Crippen molar-refractivity contribution in [1.29, 1.82) is 0 Å². The molecule has 0 saturated heterocycles. The van der Waals surface area contributed by atoms with Gasteiger partial charge in [-0.15, -0.1) is 0 Å². The molecule has 1 rings (SSSR count). The number of nitrogens with one attached hydrogen (secondary N) is 1. The van der Waals surface area contributed by atoms with Gasteiger partial charge >= 0.3 is 0 Å². The minimum atomic E-state index is -0.418. The predicted octanol–water partition coefficient (Wildman–Crippen LogP) is 2.00. The smallest absolute Gasteiger partial charge is 0.236 e. The number of carbonyl (C=O) groups excluding carboxylic acids is 1. The van der Waals surface area contributed by atoms with Crippen LogP contribution < -0.4 is 11.1 Å². The van der Waals surface area contributed by atoms with Crippen LogP contribution in [0.3, 0.4) is 0 Å². The lowest BCUT2D eigenvalue weighted by Gasteiger charge is -2.11. The van der Waals surface area contributed by atoms with E-state index in [1.165, 1.54) is 12.1 Å². The molecule has 0 unspecified atom stereocenters. The molecule has 0 spiro atoms. The monoisotopic (exact) mass is 252 g/mol. The van der Waals surface area contributed by atoms with E-state index in [4.69, 9.17) is 5.73 Å². The summed E-state index contributed by atoms with van der Waals surface area (Å²) >= 11 is 0. The third-order valence-electron chi connectivity index (χ3n) is 2.83. The number of hydrogen-bond donors (Lipinski definition) is 2. The molecule has 4 heteroatoms. The number of unbranched alkanes of at least 4 members (excludes halogenated alkanes) is 1. The Morgan fingerprint density at radius 3 is 2.67 bits per heavy atom. The highest BCUT2D eigenvalue weighted by Gasteiger charge is 2.11. The molecule has 0 aliphatic rings. The van der Waals surface area contributed by atoms with Gasteiger partial charge in [0, 0.05) is 6.54 Å². The van der Waals surface area contributed by atoms with E-state index in [9.17, 15) is 9.18 Å². The Morgan fingerprint density at radius 1 is 1.39 bits per heavy atom. The van der Waals surface area contributed by atoms with Crippen LogP contribution in [0.5, 0.6) is 0 Å². The van der Waals surface area contributed by atoms with Crippen LogP contribution in [0, 0.1) is 5.82 Å². The highest BCUT2D eigenvalue weighted by molar-refractivity contribution is 5.81. The number of halogens is 1. The van der Waals surface area contributed by atoms with E-state index in [0.29, 0.717) is 13.0 Å². The van der Waals surface area contributed by atoms with Crippen molar-refractivity contribution in [3.05, 3.63) is 35.6 Å². The molecule has 1 atom stereocenters. The van der Waals surface area contributed by atoms with Gasteiger partial charge in [0.25, 0.3) is 0 Å². The van der Waals surface area contributed by atoms with Crippen molar-refractivity contribution in [2.75, 3.05) is 6.54 Å². The Kier molecular flexibility index (Phi) is 6.36. The maximum absolute atomic E-state index is 12.7. The molecule has 1 aromatic carbocycles. The van der Waals surface area contributed by atoms with Gasteiger partial charge in [-0.2, -0.15) is 0 Å². The normalized spacial score (nSPS) is 12.2. The van der Waals surface area contributed by atoms with Crippen molar-refractivity contribution in [3.8, 4) is 0 Å². The van der Waals surface area contributed by atoms with E-state index in [2.05, 4.69) is 12.2 Å². The Balaban J connectivity index is 2.24. The van der Waals surface area contributed by atoms with Gasteiger partial charge in [-0.3, -0.25) is 4.79 Å². The van der Waals surface area contributed by atoms with Crippen LogP contribution >= 0.6 is 0 Å². The summed E-state index contributed by atoms with van der Waals surface area (Å²) in [5, 5.41) is 2.80. The van der Waals surface area contributed by atoms with Gasteiger partial charge in [-0.05, 0) is 30.5 Å². The summed E-state index contributed by atoms with van der Waals surface area (Å²) in [7, 11) is 0. The Morgan fingerprint density at radius 2 is 2.06 bits per heavy atom. The molecule has 1 amide bonds. The number of hydrogen-bond acceptors (Lipinski definition) is 2. The third-order valence-corrected chi connectivity index (χ3v) is 2.83. The van der Waals surface area contributed by atoms with Gasteiger partial charge in [0.15, 0.2) is 0 Å². The van der Waals surface area contributed by atoms with Gasteiger partial charge in [0.2, 0.25) is 5.91 Å². The van der Waals surface area contributed by atoms with Crippen molar-refractivity contribution in [2.24, 2.45) is 5.73 Å². The van der Waals surface area contributed by atoms with Crippen molar-refractivity contribution in [2.45, 2.75) is 38.6 Å². The van der Waals surface area contributed by atoms with E-state index in [0.717, 1.165) is 24.8 Å². The lowest BCUT2D eigenvalue weighted by Crippen LogP contribution is -2.41. The van der Waals surface area contributed by atoms with Crippen molar-refractivity contribution >= 4 is 5.91 Å². The number of rotatable bonds is 7. The standard InChI is InChI=1S/C14H21FN2O/c1-2-3-4-13(16)14(18)17-10-9-11-5-7-12(15)8-6-11/h5-8,13H,2-4,9-10,16H2,1H3,(H,17,18)/t13-/m0/s1. The quantitative estimate of drug-likeness (QED) is 0.780. The Bertz CT molecular complexity index is 365. The number of carbonyl (C=O) groups is 1. The molecule has 0 radical (unpaired) electrons. The summed E-state index contributed by atoms with van der Waals surface area (Å²) in [6, 6.07) is 5.86. The second kappa shape index (κ2) is 7.82. The molecule has 3 N–H and O–H groups in total. The molecule has 0 bridgehead atoms. The topological polar surface area (TPSA) is 55.1 Å².